The molecule has 0 atom stereocenters. The molecule has 0 unspecified atom stereocenters. The minimum Gasteiger partial charge on any atom is -0.508 e. The quantitative estimate of drug-likeness (QED) is 0.856. The van der Waals surface area contributed by atoms with Gasteiger partial charge in [0, 0.05) is 18.9 Å². The highest BCUT2D eigenvalue weighted by molar-refractivity contribution is 5.78. The molecule has 0 aliphatic heterocycles. The normalized spacial score (nSPS) is 10.0. The molecule has 4 heteroatoms. The van der Waals surface area contributed by atoms with Crippen molar-refractivity contribution in [2.45, 2.75) is 13.0 Å². The number of phenolic OH excluding ortho intramolecular Hbond substituents is 1. The molecule has 1 amide bonds. The first-order chi connectivity index (χ1) is 8.74. The number of nitrogens with zero attached hydrogens (tertiary/aromatic N) is 1. The first-order valence-electron chi connectivity index (χ1n) is 5.67. The molecule has 18 heavy (non-hydrogen) atoms. The number of nitrogens with one attached hydrogen (secondary N) is 1. The fourth-order valence-electron chi connectivity index (χ4n) is 1.62. The number of rotatable bonds is 4. The second kappa shape index (κ2) is 5.82. The van der Waals surface area contributed by atoms with E-state index in [4.69, 9.17) is 0 Å². The number of carbonyl (C=O) groups excluding carboxylic acids is 1. The summed E-state index contributed by atoms with van der Waals surface area (Å²) in [4.78, 5) is 15.7. The molecule has 0 fully saturated rings. The van der Waals surface area contributed by atoms with Gasteiger partial charge in [0.05, 0.1) is 6.42 Å². The standard InChI is InChI=1S/C14H14N2O2/c17-13-5-1-3-11(7-13)8-14(18)16-10-12-4-2-6-15-9-12/h1-7,9,17H,8,10H2,(H,16,18). The Balaban J connectivity index is 1.86. The van der Waals surface area contributed by atoms with Gasteiger partial charge in [0.25, 0.3) is 0 Å². The van der Waals surface area contributed by atoms with Crippen LogP contribution in [0.5, 0.6) is 5.75 Å². The van der Waals surface area contributed by atoms with E-state index in [2.05, 4.69) is 10.3 Å². The Morgan fingerprint density at radius 3 is 2.78 bits per heavy atom. The summed E-state index contributed by atoms with van der Waals surface area (Å²) in [5.74, 6) is 0.0945. The highest BCUT2D eigenvalue weighted by Crippen LogP contribution is 2.11. The van der Waals surface area contributed by atoms with Crippen LogP contribution in [-0.4, -0.2) is 16.0 Å². The molecule has 1 aromatic heterocycles. The molecule has 2 rings (SSSR count). The van der Waals surface area contributed by atoms with Crippen LogP contribution in [0.3, 0.4) is 0 Å². The molecule has 0 aliphatic carbocycles. The predicted octanol–water partition coefficient (Wildman–Crippen LogP) is 1.65. The Hall–Kier alpha value is -2.36. The molecule has 0 saturated carbocycles. The van der Waals surface area contributed by atoms with Crippen molar-refractivity contribution in [3.63, 3.8) is 0 Å². The van der Waals surface area contributed by atoms with Crippen LogP contribution in [-0.2, 0) is 17.8 Å². The van der Waals surface area contributed by atoms with Crippen molar-refractivity contribution >= 4 is 5.91 Å². The van der Waals surface area contributed by atoms with Gasteiger partial charge in [-0.25, -0.2) is 0 Å². The highest BCUT2D eigenvalue weighted by Gasteiger charge is 2.03. The van der Waals surface area contributed by atoms with Crippen LogP contribution >= 0.6 is 0 Å². The average molecular weight is 242 g/mol. The van der Waals surface area contributed by atoms with Gasteiger partial charge < -0.3 is 10.4 Å². The van der Waals surface area contributed by atoms with Gasteiger partial charge in [0.15, 0.2) is 0 Å². The smallest absolute Gasteiger partial charge is 0.224 e. The highest BCUT2D eigenvalue weighted by atomic mass is 16.3. The molecule has 0 aliphatic rings. The van der Waals surface area contributed by atoms with Crippen molar-refractivity contribution < 1.29 is 9.90 Å². The summed E-state index contributed by atoms with van der Waals surface area (Å²) in [6.07, 6.45) is 3.67. The SMILES string of the molecule is O=C(Cc1cccc(O)c1)NCc1cccnc1. The lowest BCUT2D eigenvalue weighted by Gasteiger charge is -2.05. The molecule has 0 radical (unpaired) electrons. The first kappa shape index (κ1) is 12.1. The minimum absolute atomic E-state index is 0.0792. The van der Waals surface area contributed by atoms with E-state index < -0.39 is 0 Å². The third-order valence-corrected chi connectivity index (χ3v) is 2.49. The summed E-state index contributed by atoms with van der Waals surface area (Å²) < 4.78 is 0. The summed E-state index contributed by atoms with van der Waals surface area (Å²) in [6, 6.07) is 10.4. The Kier molecular flexibility index (Phi) is 3.91. The number of benzene rings is 1. The summed E-state index contributed by atoms with van der Waals surface area (Å²) >= 11 is 0. The number of aromatic hydroxyl groups is 1. The Morgan fingerprint density at radius 2 is 2.06 bits per heavy atom. The minimum atomic E-state index is -0.0792. The zero-order valence-corrected chi connectivity index (χ0v) is 9.84. The van der Waals surface area contributed by atoms with E-state index in [0.29, 0.717) is 6.54 Å². The van der Waals surface area contributed by atoms with Crippen molar-refractivity contribution in [2.75, 3.05) is 0 Å². The molecule has 4 nitrogen and oxygen atoms in total. The number of pyridine rings is 1. The molecular weight excluding hydrogens is 228 g/mol. The lowest BCUT2D eigenvalue weighted by Crippen LogP contribution is -2.24. The average Bonchev–Trinajstić information content (AvgIpc) is 2.38. The van der Waals surface area contributed by atoms with Crippen molar-refractivity contribution in [3.8, 4) is 5.75 Å². The zero-order chi connectivity index (χ0) is 12.8. The largest absolute Gasteiger partial charge is 0.508 e. The van der Waals surface area contributed by atoms with Crippen LogP contribution in [0.15, 0.2) is 48.8 Å². The third kappa shape index (κ3) is 3.59. The van der Waals surface area contributed by atoms with Crippen LogP contribution in [0.25, 0.3) is 0 Å². The Morgan fingerprint density at radius 1 is 1.22 bits per heavy atom. The summed E-state index contributed by atoms with van der Waals surface area (Å²) in [7, 11) is 0. The molecule has 0 saturated heterocycles. The molecule has 1 heterocycles. The number of aromatic nitrogens is 1. The summed E-state index contributed by atoms with van der Waals surface area (Å²) in [5.41, 5.74) is 1.75. The fraction of sp³-hybridized carbons (Fsp3) is 0.143. The van der Waals surface area contributed by atoms with Gasteiger partial charge in [-0.1, -0.05) is 18.2 Å². The van der Waals surface area contributed by atoms with E-state index >= 15 is 0 Å². The molecule has 1 aromatic carbocycles. The van der Waals surface area contributed by atoms with Crippen LogP contribution in [0.4, 0.5) is 0 Å². The molecule has 0 bridgehead atoms. The number of phenols is 1. The predicted molar refractivity (Wildman–Crippen MR) is 67.9 cm³/mol. The first-order valence-corrected chi connectivity index (χ1v) is 5.67. The van der Waals surface area contributed by atoms with Crippen molar-refractivity contribution in [1.82, 2.24) is 10.3 Å². The maximum atomic E-state index is 11.7. The van der Waals surface area contributed by atoms with E-state index in [-0.39, 0.29) is 18.1 Å². The third-order valence-electron chi connectivity index (χ3n) is 2.49. The van der Waals surface area contributed by atoms with Crippen molar-refractivity contribution in [1.29, 1.82) is 0 Å². The maximum Gasteiger partial charge on any atom is 0.224 e. The van der Waals surface area contributed by atoms with Gasteiger partial charge in [-0.2, -0.15) is 0 Å². The van der Waals surface area contributed by atoms with E-state index in [1.165, 1.54) is 0 Å². The van der Waals surface area contributed by atoms with E-state index in [9.17, 15) is 9.90 Å². The van der Waals surface area contributed by atoms with Crippen LogP contribution in [0.1, 0.15) is 11.1 Å². The maximum absolute atomic E-state index is 11.7. The number of carbonyl (C=O) groups is 1. The monoisotopic (exact) mass is 242 g/mol. The zero-order valence-electron chi connectivity index (χ0n) is 9.84. The number of amides is 1. The van der Waals surface area contributed by atoms with E-state index in [1.807, 2.05) is 18.2 Å². The second-order valence-corrected chi connectivity index (χ2v) is 3.98. The van der Waals surface area contributed by atoms with Gasteiger partial charge in [0.2, 0.25) is 5.91 Å². The van der Waals surface area contributed by atoms with Gasteiger partial charge in [0.1, 0.15) is 5.75 Å². The van der Waals surface area contributed by atoms with Crippen LogP contribution in [0.2, 0.25) is 0 Å². The Labute approximate surface area is 105 Å². The van der Waals surface area contributed by atoms with E-state index in [0.717, 1.165) is 11.1 Å². The fourth-order valence-corrected chi connectivity index (χ4v) is 1.62. The lowest BCUT2D eigenvalue weighted by molar-refractivity contribution is -0.120. The number of hydrogen-bond donors (Lipinski definition) is 2. The van der Waals surface area contributed by atoms with Gasteiger partial charge in [-0.15, -0.1) is 0 Å². The van der Waals surface area contributed by atoms with E-state index in [1.54, 1.807) is 30.6 Å². The lowest BCUT2D eigenvalue weighted by atomic mass is 10.1. The van der Waals surface area contributed by atoms with Crippen LogP contribution in [0, 0.1) is 0 Å². The molecule has 0 spiro atoms. The molecule has 2 aromatic rings. The summed E-state index contributed by atoms with van der Waals surface area (Å²) in [5, 5.41) is 12.1. The van der Waals surface area contributed by atoms with Crippen LogP contribution < -0.4 is 5.32 Å². The van der Waals surface area contributed by atoms with Gasteiger partial charge >= 0.3 is 0 Å². The molecular formula is C14H14N2O2. The second-order valence-electron chi connectivity index (χ2n) is 3.98. The molecule has 2 N–H and O–H groups in total. The van der Waals surface area contributed by atoms with Crippen molar-refractivity contribution in [2.24, 2.45) is 0 Å². The topological polar surface area (TPSA) is 62.2 Å². The Bertz CT molecular complexity index is 526. The van der Waals surface area contributed by atoms with Gasteiger partial charge in [-0.05, 0) is 29.3 Å². The number of hydrogen-bond acceptors (Lipinski definition) is 3. The molecule has 92 valence electrons. The van der Waals surface area contributed by atoms with Crippen molar-refractivity contribution in [3.05, 3.63) is 59.9 Å². The van der Waals surface area contributed by atoms with Gasteiger partial charge in [-0.3, -0.25) is 9.78 Å². The summed E-state index contributed by atoms with van der Waals surface area (Å²) in [6.45, 7) is 0.464.